The van der Waals surface area contributed by atoms with Crippen LogP contribution in [0.1, 0.15) is 18.4 Å². The van der Waals surface area contributed by atoms with Crippen LogP contribution in [-0.2, 0) is 10.2 Å². The van der Waals surface area contributed by atoms with E-state index in [1.807, 2.05) is 0 Å². The number of nitrogen functional groups attached to an aromatic ring is 1. The van der Waals surface area contributed by atoms with E-state index in [1.54, 1.807) is 24.3 Å². The number of hydrogen-bond acceptors (Lipinski definition) is 3. The van der Waals surface area contributed by atoms with Gasteiger partial charge in [0.1, 0.15) is 0 Å². The zero-order valence-corrected chi connectivity index (χ0v) is 11.2. The number of carbonyl (C=O) groups is 1. The second kappa shape index (κ2) is 5.28. The molecule has 0 radical (unpaired) electrons. The fourth-order valence-electron chi connectivity index (χ4n) is 2.54. The first-order valence-corrected chi connectivity index (χ1v) is 6.42. The van der Waals surface area contributed by atoms with Crippen LogP contribution in [0.15, 0.2) is 24.3 Å². The minimum atomic E-state index is -4.87. The van der Waals surface area contributed by atoms with E-state index in [9.17, 15) is 23.2 Å². The predicted octanol–water partition coefficient (Wildman–Crippen LogP) is 2.21. The zero-order valence-electron chi connectivity index (χ0n) is 11.2. The van der Waals surface area contributed by atoms with Crippen LogP contribution in [0.2, 0.25) is 0 Å². The largest absolute Gasteiger partial charge is 0.471 e. The average Bonchev–Trinajstić information content (AvgIpc) is 2.46. The van der Waals surface area contributed by atoms with E-state index in [-0.39, 0.29) is 25.9 Å². The quantitative estimate of drug-likeness (QED) is 0.808. The van der Waals surface area contributed by atoms with Gasteiger partial charge in [0.25, 0.3) is 0 Å². The van der Waals surface area contributed by atoms with Gasteiger partial charge in [-0.15, -0.1) is 0 Å². The number of amides is 1. The van der Waals surface area contributed by atoms with Crippen molar-refractivity contribution < 1.29 is 18.0 Å². The first-order valence-electron chi connectivity index (χ1n) is 6.42. The van der Waals surface area contributed by atoms with Gasteiger partial charge in [-0.1, -0.05) is 12.1 Å². The van der Waals surface area contributed by atoms with Crippen LogP contribution in [0.5, 0.6) is 0 Å². The number of benzene rings is 1. The van der Waals surface area contributed by atoms with Gasteiger partial charge in [-0.05, 0) is 30.5 Å². The SMILES string of the molecule is N#CC1(c2ccc(N)cc2)CCN(C(=O)C(F)(F)F)CC1. The van der Waals surface area contributed by atoms with E-state index >= 15 is 0 Å². The van der Waals surface area contributed by atoms with Gasteiger partial charge in [0.2, 0.25) is 0 Å². The van der Waals surface area contributed by atoms with Gasteiger partial charge in [-0.2, -0.15) is 18.4 Å². The molecule has 1 aromatic rings. The number of nitriles is 1. The maximum atomic E-state index is 12.4. The van der Waals surface area contributed by atoms with Crippen LogP contribution >= 0.6 is 0 Å². The fraction of sp³-hybridized carbons (Fsp3) is 0.429. The molecule has 7 heteroatoms. The summed E-state index contributed by atoms with van der Waals surface area (Å²) < 4.78 is 37.2. The van der Waals surface area contributed by atoms with Crippen LogP contribution in [-0.4, -0.2) is 30.1 Å². The van der Waals surface area contributed by atoms with Crippen molar-refractivity contribution in [2.24, 2.45) is 0 Å². The first-order chi connectivity index (χ1) is 9.78. The molecule has 0 aromatic heterocycles. The molecule has 0 atom stereocenters. The van der Waals surface area contributed by atoms with Gasteiger partial charge in [-0.3, -0.25) is 4.79 Å². The number of nitrogens with zero attached hydrogens (tertiary/aromatic N) is 2. The van der Waals surface area contributed by atoms with Crippen LogP contribution in [0.25, 0.3) is 0 Å². The lowest BCUT2D eigenvalue weighted by Crippen LogP contribution is -2.49. The summed E-state index contributed by atoms with van der Waals surface area (Å²) in [7, 11) is 0. The molecule has 21 heavy (non-hydrogen) atoms. The normalized spacial score (nSPS) is 18.1. The topological polar surface area (TPSA) is 70.1 Å². The van der Waals surface area contributed by atoms with Gasteiger partial charge in [-0.25, -0.2) is 0 Å². The summed E-state index contributed by atoms with van der Waals surface area (Å²) >= 11 is 0. The lowest BCUT2D eigenvalue weighted by atomic mass is 9.74. The molecule has 2 rings (SSSR count). The van der Waals surface area contributed by atoms with Crippen molar-refractivity contribution in [1.29, 1.82) is 5.26 Å². The molecule has 112 valence electrons. The Balaban J connectivity index is 2.16. The Morgan fingerprint density at radius 1 is 1.24 bits per heavy atom. The molecule has 1 saturated heterocycles. The minimum absolute atomic E-state index is 0.0870. The van der Waals surface area contributed by atoms with Crippen molar-refractivity contribution >= 4 is 11.6 Å². The van der Waals surface area contributed by atoms with Crippen molar-refractivity contribution in [3.63, 3.8) is 0 Å². The number of hydrogen-bond donors (Lipinski definition) is 1. The summed E-state index contributed by atoms with van der Waals surface area (Å²) in [6.07, 6.45) is -4.52. The maximum Gasteiger partial charge on any atom is 0.471 e. The highest BCUT2D eigenvalue weighted by Gasteiger charge is 2.46. The molecule has 1 heterocycles. The second-order valence-corrected chi connectivity index (χ2v) is 5.11. The van der Waals surface area contributed by atoms with Crippen molar-refractivity contribution in [2.75, 3.05) is 18.8 Å². The van der Waals surface area contributed by atoms with Gasteiger partial charge in [0, 0.05) is 18.8 Å². The molecule has 0 saturated carbocycles. The van der Waals surface area contributed by atoms with E-state index in [0.29, 0.717) is 5.69 Å². The number of likely N-dealkylation sites (tertiary alicyclic amines) is 1. The van der Waals surface area contributed by atoms with E-state index < -0.39 is 17.5 Å². The smallest absolute Gasteiger partial charge is 0.399 e. The van der Waals surface area contributed by atoms with Gasteiger partial charge in [0.05, 0.1) is 11.5 Å². The third-order valence-electron chi connectivity index (χ3n) is 3.82. The van der Waals surface area contributed by atoms with Crippen LogP contribution in [0.3, 0.4) is 0 Å². The second-order valence-electron chi connectivity index (χ2n) is 5.11. The molecule has 1 aliphatic heterocycles. The number of alkyl halides is 3. The Morgan fingerprint density at radius 3 is 2.19 bits per heavy atom. The Bertz CT molecular complexity index is 567. The summed E-state index contributed by atoms with van der Waals surface area (Å²) in [6, 6.07) is 8.92. The molecular formula is C14H14F3N3O. The van der Waals surface area contributed by atoms with E-state index in [2.05, 4.69) is 6.07 Å². The van der Waals surface area contributed by atoms with E-state index in [4.69, 9.17) is 5.73 Å². The Labute approximate surface area is 119 Å². The van der Waals surface area contributed by atoms with Crippen LogP contribution in [0, 0.1) is 11.3 Å². The number of anilines is 1. The highest BCUT2D eigenvalue weighted by molar-refractivity contribution is 5.82. The van der Waals surface area contributed by atoms with Gasteiger partial charge in [0.15, 0.2) is 0 Å². The van der Waals surface area contributed by atoms with E-state index in [0.717, 1.165) is 10.5 Å². The fourth-order valence-corrected chi connectivity index (χ4v) is 2.54. The number of carbonyl (C=O) groups excluding carboxylic acids is 1. The third-order valence-corrected chi connectivity index (χ3v) is 3.82. The van der Waals surface area contributed by atoms with Crippen molar-refractivity contribution in [1.82, 2.24) is 4.90 Å². The lowest BCUT2D eigenvalue weighted by molar-refractivity contribution is -0.186. The molecule has 1 aliphatic rings. The van der Waals surface area contributed by atoms with Crippen molar-refractivity contribution in [3.05, 3.63) is 29.8 Å². The highest BCUT2D eigenvalue weighted by atomic mass is 19.4. The summed E-state index contributed by atoms with van der Waals surface area (Å²) in [6.45, 7) is -0.174. The number of halogens is 3. The molecular weight excluding hydrogens is 283 g/mol. The highest BCUT2D eigenvalue weighted by Crippen LogP contribution is 2.36. The van der Waals surface area contributed by atoms with E-state index in [1.165, 1.54) is 0 Å². The predicted molar refractivity (Wildman–Crippen MR) is 70.0 cm³/mol. The summed E-state index contributed by atoms with van der Waals surface area (Å²) in [5.74, 6) is -1.84. The summed E-state index contributed by atoms with van der Waals surface area (Å²) in [4.78, 5) is 12.0. The van der Waals surface area contributed by atoms with Gasteiger partial charge >= 0.3 is 12.1 Å². The molecule has 1 aromatic carbocycles. The first kappa shape index (κ1) is 15.2. The average molecular weight is 297 g/mol. The molecule has 0 aliphatic carbocycles. The molecule has 0 spiro atoms. The lowest BCUT2D eigenvalue weighted by Gasteiger charge is -2.37. The van der Waals surface area contributed by atoms with Crippen LogP contribution in [0.4, 0.5) is 18.9 Å². The number of nitrogens with two attached hydrogens (primary N) is 1. The number of piperidine rings is 1. The zero-order chi connectivity index (χ0) is 15.7. The maximum absolute atomic E-state index is 12.4. The van der Waals surface area contributed by atoms with Crippen molar-refractivity contribution in [2.45, 2.75) is 24.4 Å². The summed E-state index contributed by atoms with van der Waals surface area (Å²) in [5.41, 5.74) is 6.00. The Kier molecular flexibility index (Phi) is 3.81. The molecule has 1 amide bonds. The molecule has 0 bridgehead atoms. The standard InChI is InChI=1S/C14H14F3N3O/c15-14(16,17)12(21)20-7-5-13(9-18,6-8-20)10-1-3-11(19)4-2-10/h1-4H,5-8,19H2. The third kappa shape index (κ3) is 2.94. The molecule has 0 unspecified atom stereocenters. The number of rotatable bonds is 1. The van der Waals surface area contributed by atoms with Crippen LogP contribution < -0.4 is 5.73 Å². The molecule has 2 N–H and O–H groups in total. The molecule has 4 nitrogen and oxygen atoms in total. The Hall–Kier alpha value is -2.23. The monoisotopic (exact) mass is 297 g/mol. The summed E-state index contributed by atoms with van der Waals surface area (Å²) in [5, 5.41) is 9.44. The molecule has 1 fully saturated rings. The van der Waals surface area contributed by atoms with Crippen molar-refractivity contribution in [3.8, 4) is 6.07 Å². The van der Waals surface area contributed by atoms with Gasteiger partial charge < -0.3 is 10.6 Å². The minimum Gasteiger partial charge on any atom is -0.399 e. The Morgan fingerprint density at radius 2 is 1.76 bits per heavy atom.